The molecule has 0 spiro atoms. The molecule has 13 heteroatoms. The molecule has 4 heterocycles. The number of fused-ring (bicyclic) bond motifs is 3. The molecule has 2 aromatic carbocycles. The van der Waals surface area contributed by atoms with Crippen molar-refractivity contribution in [3.05, 3.63) is 69.4 Å². The summed E-state index contributed by atoms with van der Waals surface area (Å²) in [4.78, 5) is 46.9. The first-order valence-corrected chi connectivity index (χ1v) is 15.5. The molecule has 3 aliphatic heterocycles. The largest absolute Gasteiger partial charge is 0.455 e. The van der Waals surface area contributed by atoms with Crippen molar-refractivity contribution in [3.8, 4) is 11.5 Å². The summed E-state index contributed by atoms with van der Waals surface area (Å²) < 4.78 is 36.6. The molecule has 0 bridgehead atoms. The molecule has 2 N–H and O–H groups in total. The van der Waals surface area contributed by atoms with Gasteiger partial charge in [-0.3, -0.25) is 14.4 Å². The van der Waals surface area contributed by atoms with Gasteiger partial charge in [0.1, 0.15) is 17.5 Å². The summed E-state index contributed by atoms with van der Waals surface area (Å²) in [5.74, 6) is -0.297. The van der Waals surface area contributed by atoms with Crippen molar-refractivity contribution in [2.75, 3.05) is 26.7 Å². The van der Waals surface area contributed by atoms with Gasteiger partial charge in [0, 0.05) is 41.4 Å². The van der Waals surface area contributed by atoms with E-state index in [4.69, 9.17) is 4.74 Å². The van der Waals surface area contributed by atoms with Gasteiger partial charge in [-0.05, 0) is 55.4 Å². The lowest BCUT2D eigenvalue weighted by atomic mass is 10.1. The molecule has 1 aromatic heterocycles. The number of likely N-dealkylation sites (tertiary alicyclic amines) is 1. The highest BCUT2D eigenvalue weighted by molar-refractivity contribution is 7.99. The zero-order chi connectivity index (χ0) is 30.1. The highest BCUT2D eigenvalue weighted by Crippen LogP contribution is 2.46. The number of carbonyl (C=O) groups is 3. The molecular formula is C30H30F2N4O5S2. The van der Waals surface area contributed by atoms with E-state index in [0.717, 1.165) is 34.2 Å². The van der Waals surface area contributed by atoms with Gasteiger partial charge < -0.3 is 29.9 Å². The topological polar surface area (TPSA) is 100 Å². The Morgan fingerprint density at radius 1 is 1.09 bits per heavy atom. The Morgan fingerprint density at radius 3 is 2.74 bits per heavy atom. The number of benzene rings is 2. The predicted molar refractivity (Wildman–Crippen MR) is 157 cm³/mol. The Bertz CT molecular complexity index is 1550. The number of hydrogen-bond donors (Lipinski definition) is 2. The van der Waals surface area contributed by atoms with Gasteiger partial charge in [-0.2, -0.15) is 8.78 Å². The van der Waals surface area contributed by atoms with Crippen LogP contribution < -0.4 is 15.4 Å². The molecule has 0 aliphatic carbocycles. The maximum atomic E-state index is 13.2. The number of amides is 3. The number of carbonyl (C=O) groups excluding carboxylic acids is 3. The molecule has 226 valence electrons. The second kappa shape index (κ2) is 12.6. The van der Waals surface area contributed by atoms with Gasteiger partial charge in [-0.15, -0.1) is 11.3 Å². The van der Waals surface area contributed by atoms with Crippen LogP contribution in [-0.2, 0) is 33.8 Å². The molecule has 1 saturated heterocycles. The zero-order valence-corrected chi connectivity index (χ0v) is 24.9. The fourth-order valence-corrected chi connectivity index (χ4v) is 7.55. The Morgan fingerprint density at radius 2 is 1.91 bits per heavy atom. The summed E-state index contributed by atoms with van der Waals surface area (Å²) in [6, 6.07) is 13.7. The van der Waals surface area contributed by atoms with E-state index in [1.807, 2.05) is 24.3 Å². The van der Waals surface area contributed by atoms with Crippen molar-refractivity contribution < 1.29 is 32.6 Å². The van der Waals surface area contributed by atoms with E-state index in [9.17, 15) is 23.2 Å². The van der Waals surface area contributed by atoms with Crippen molar-refractivity contribution in [1.29, 1.82) is 0 Å². The molecule has 6 rings (SSSR count). The fourth-order valence-electron chi connectivity index (χ4n) is 5.51. The van der Waals surface area contributed by atoms with E-state index in [1.54, 1.807) is 29.5 Å². The van der Waals surface area contributed by atoms with E-state index in [2.05, 4.69) is 33.4 Å². The fraction of sp³-hybridized carbons (Fsp3) is 0.367. The monoisotopic (exact) mass is 628 g/mol. The van der Waals surface area contributed by atoms with Crippen molar-refractivity contribution >= 4 is 40.8 Å². The van der Waals surface area contributed by atoms with Crippen molar-refractivity contribution in [3.63, 3.8) is 0 Å². The number of ether oxygens (including phenoxy) is 2. The second-order valence-corrected chi connectivity index (χ2v) is 13.0. The van der Waals surface area contributed by atoms with Gasteiger partial charge in [0.15, 0.2) is 0 Å². The molecule has 1 fully saturated rings. The van der Waals surface area contributed by atoms with Crippen molar-refractivity contribution in [2.45, 2.75) is 54.5 Å². The minimum absolute atomic E-state index is 0.0666. The van der Waals surface area contributed by atoms with Crippen LogP contribution in [0.15, 0.2) is 58.3 Å². The molecule has 3 amide bonds. The molecule has 9 nitrogen and oxygen atoms in total. The third kappa shape index (κ3) is 6.69. The smallest absolute Gasteiger partial charge is 0.345 e. The molecule has 0 unspecified atom stereocenters. The van der Waals surface area contributed by atoms with E-state index >= 15 is 0 Å². The Balaban J connectivity index is 1.07. The average Bonchev–Trinajstić information content (AvgIpc) is 3.60. The first kappa shape index (κ1) is 29.5. The summed E-state index contributed by atoms with van der Waals surface area (Å²) >= 11 is 3.18. The predicted octanol–water partition coefficient (Wildman–Crippen LogP) is 4.25. The summed E-state index contributed by atoms with van der Waals surface area (Å²) in [7, 11) is 2.06. The average molecular weight is 629 g/mol. The second-order valence-electron chi connectivity index (χ2n) is 10.7. The van der Waals surface area contributed by atoms with E-state index in [1.165, 1.54) is 27.1 Å². The third-order valence-corrected chi connectivity index (χ3v) is 9.97. The van der Waals surface area contributed by atoms with Crippen LogP contribution >= 0.6 is 23.1 Å². The molecule has 2 atom stereocenters. The summed E-state index contributed by atoms with van der Waals surface area (Å²) in [5, 5.41) is 5.45. The first-order valence-electron chi connectivity index (χ1n) is 13.9. The van der Waals surface area contributed by atoms with Crippen LogP contribution in [0.3, 0.4) is 0 Å². The number of halogens is 2. The highest BCUT2D eigenvalue weighted by Gasteiger charge is 2.41. The molecule has 3 aromatic rings. The van der Waals surface area contributed by atoms with Gasteiger partial charge >= 0.3 is 6.61 Å². The summed E-state index contributed by atoms with van der Waals surface area (Å²) in [6.07, 6.45) is -0.111. The van der Waals surface area contributed by atoms with E-state index in [-0.39, 0.29) is 19.5 Å². The van der Waals surface area contributed by atoms with E-state index < -0.39 is 43.0 Å². The van der Waals surface area contributed by atoms with Crippen LogP contribution in [0.2, 0.25) is 0 Å². The minimum atomic E-state index is -3.03. The molecular weight excluding hydrogens is 598 g/mol. The lowest BCUT2D eigenvalue weighted by molar-refractivity contribution is -0.160. The van der Waals surface area contributed by atoms with Crippen LogP contribution in [0.1, 0.15) is 32.1 Å². The number of rotatable bonds is 8. The van der Waals surface area contributed by atoms with Crippen LogP contribution in [-0.4, -0.2) is 73.0 Å². The zero-order valence-electron chi connectivity index (χ0n) is 23.3. The third-order valence-electron chi connectivity index (χ3n) is 7.62. The Kier molecular flexibility index (Phi) is 8.66. The lowest BCUT2D eigenvalue weighted by Gasteiger charge is -2.24. The quantitative estimate of drug-likeness (QED) is 0.301. The first-order chi connectivity index (χ1) is 20.7. The normalized spacial score (nSPS) is 19.3. The maximum absolute atomic E-state index is 13.2. The van der Waals surface area contributed by atoms with E-state index in [0.29, 0.717) is 17.1 Å². The minimum Gasteiger partial charge on any atom is -0.455 e. The molecule has 43 heavy (non-hydrogen) atoms. The number of thiophene rings is 1. The SMILES string of the molecule is CN1CCc2sc(CNC(=O)[C@@H]3C[C@@H](OC(F)F)CN3C(=O)CNC(=O)c3ccc4c(c3)Oc3ccccc3S4)cc2C1. The number of alkyl halides is 2. The van der Waals surface area contributed by atoms with Gasteiger partial charge in [0.05, 0.1) is 29.0 Å². The highest BCUT2D eigenvalue weighted by atomic mass is 32.2. The van der Waals surface area contributed by atoms with Crippen LogP contribution in [0, 0.1) is 0 Å². The van der Waals surface area contributed by atoms with Gasteiger partial charge in [0.25, 0.3) is 5.91 Å². The Labute approximate surface area is 255 Å². The molecule has 0 saturated carbocycles. The number of likely N-dealkylation sites (N-methyl/N-ethyl adjacent to an activating group) is 1. The van der Waals surface area contributed by atoms with Gasteiger partial charge in [-0.25, -0.2) is 0 Å². The number of hydrogen-bond acceptors (Lipinski definition) is 8. The number of nitrogens with zero attached hydrogens (tertiary/aromatic N) is 2. The lowest BCUT2D eigenvalue weighted by Crippen LogP contribution is -2.48. The summed E-state index contributed by atoms with van der Waals surface area (Å²) in [5.41, 5.74) is 1.54. The van der Waals surface area contributed by atoms with Gasteiger partial charge in [0.2, 0.25) is 11.8 Å². The van der Waals surface area contributed by atoms with Crippen LogP contribution in [0.4, 0.5) is 8.78 Å². The molecule has 3 aliphatic rings. The standard InChI is InChI=1S/C30H30F2N4O5S2/c1-35-9-8-24-18(15-35)10-20(42-24)13-33-29(39)21-12-19(40-30(31)32)16-36(21)27(37)14-34-28(38)17-6-7-26-23(11-17)41-22-4-2-3-5-25(22)43-26/h2-7,10-11,19,21,30H,8-9,12-16H2,1H3,(H,33,39)(H,34,38)/t19-,21+/m1/s1. The maximum Gasteiger partial charge on any atom is 0.345 e. The number of para-hydroxylation sites is 1. The van der Waals surface area contributed by atoms with Crippen molar-refractivity contribution in [1.82, 2.24) is 20.4 Å². The number of nitrogens with one attached hydrogen (secondary N) is 2. The van der Waals surface area contributed by atoms with Crippen molar-refractivity contribution in [2.24, 2.45) is 0 Å². The van der Waals surface area contributed by atoms with Crippen LogP contribution in [0.5, 0.6) is 11.5 Å². The summed E-state index contributed by atoms with van der Waals surface area (Å²) in [6.45, 7) is -1.51. The van der Waals surface area contributed by atoms with Gasteiger partial charge in [-0.1, -0.05) is 23.9 Å². The Hall–Kier alpha value is -3.52. The molecule has 0 radical (unpaired) electrons. The van der Waals surface area contributed by atoms with Crippen LogP contribution in [0.25, 0.3) is 0 Å².